The minimum Gasteiger partial charge on any atom is -0.475 e. The van der Waals surface area contributed by atoms with E-state index in [1.54, 1.807) is 0 Å². The van der Waals surface area contributed by atoms with Crippen LogP contribution in [-0.2, 0) is 6.42 Å². The second-order valence-corrected chi connectivity index (χ2v) is 3.61. The standard InChI is InChI=1S/C12H11FO3/c1-2-3-8-9-6-7(13)4-5-10(9)16-11(8)12(14)15/h4-6H,2-3H2,1H3,(H,14,15). The summed E-state index contributed by atoms with van der Waals surface area (Å²) in [5.74, 6) is -1.58. The second kappa shape index (κ2) is 3.96. The molecule has 0 aliphatic heterocycles. The first-order valence-electron chi connectivity index (χ1n) is 5.07. The van der Waals surface area contributed by atoms with Crippen molar-refractivity contribution in [3.8, 4) is 0 Å². The van der Waals surface area contributed by atoms with Crippen molar-refractivity contribution in [1.82, 2.24) is 0 Å². The van der Waals surface area contributed by atoms with Crippen molar-refractivity contribution in [3.63, 3.8) is 0 Å². The lowest BCUT2D eigenvalue weighted by Crippen LogP contribution is -1.98. The van der Waals surface area contributed by atoms with Crippen molar-refractivity contribution in [3.05, 3.63) is 35.3 Å². The number of halogens is 1. The van der Waals surface area contributed by atoms with Crippen LogP contribution < -0.4 is 0 Å². The number of rotatable bonds is 3. The van der Waals surface area contributed by atoms with Gasteiger partial charge < -0.3 is 9.52 Å². The number of carboxylic acid groups (broad SMARTS) is 1. The largest absolute Gasteiger partial charge is 0.475 e. The Morgan fingerprint density at radius 1 is 1.50 bits per heavy atom. The molecule has 0 spiro atoms. The van der Waals surface area contributed by atoms with Gasteiger partial charge in [0.1, 0.15) is 11.4 Å². The van der Waals surface area contributed by atoms with Crippen LogP contribution in [0.4, 0.5) is 4.39 Å². The number of carbonyl (C=O) groups is 1. The summed E-state index contributed by atoms with van der Waals surface area (Å²) in [6, 6.07) is 4.03. The minimum absolute atomic E-state index is 0.0811. The van der Waals surface area contributed by atoms with Crippen LogP contribution >= 0.6 is 0 Å². The molecule has 0 atom stereocenters. The van der Waals surface area contributed by atoms with Gasteiger partial charge in [-0.2, -0.15) is 0 Å². The number of benzene rings is 1. The summed E-state index contributed by atoms with van der Waals surface area (Å²) in [6.07, 6.45) is 1.35. The predicted octanol–water partition coefficient (Wildman–Crippen LogP) is 3.22. The molecule has 84 valence electrons. The van der Waals surface area contributed by atoms with Gasteiger partial charge in [-0.1, -0.05) is 13.3 Å². The van der Waals surface area contributed by atoms with Gasteiger partial charge in [0.25, 0.3) is 0 Å². The van der Waals surface area contributed by atoms with Gasteiger partial charge in [-0.05, 0) is 24.6 Å². The Morgan fingerprint density at radius 2 is 2.25 bits per heavy atom. The zero-order chi connectivity index (χ0) is 11.7. The first-order valence-corrected chi connectivity index (χ1v) is 5.07. The van der Waals surface area contributed by atoms with E-state index in [2.05, 4.69) is 0 Å². The zero-order valence-corrected chi connectivity index (χ0v) is 8.79. The third-order valence-corrected chi connectivity index (χ3v) is 2.45. The highest BCUT2D eigenvalue weighted by atomic mass is 19.1. The van der Waals surface area contributed by atoms with Gasteiger partial charge in [0.05, 0.1) is 0 Å². The molecule has 0 aliphatic rings. The summed E-state index contributed by atoms with van der Waals surface area (Å²) >= 11 is 0. The number of aromatic carboxylic acids is 1. The molecule has 0 saturated heterocycles. The quantitative estimate of drug-likeness (QED) is 0.867. The van der Waals surface area contributed by atoms with Gasteiger partial charge in [0, 0.05) is 10.9 Å². The van der Waals surface area contributed by atoms with E-state index in [1.807, 2.05) is 6.92 Å². The molecule has 0 amide bonds. The lowest BCUT2D eigenvalue weighted by molar-refractivity contribution is 0.0663. The number of hydrogen-bond acceptors (Lipinski definition) is 2. The molecule has 0 fully saturated rings. The average molecular weight is 222 g/mol. The van der Waals surface area contributed by atoms with Crippen molar-refractivity contribution < 1.29 is 18.7 Å². The summed E-state index contributed by atoms with van der Waals surface area (Å²) in [5, 5.41) is 9.53. The molecule has 0 bridgehead atoms. The second-order valence-electron chi connectivity index (χ2n) is 3.61. The van der Waals surface area contributed by atoms with Crippen molar-refractivity contribution in [1.29, 1.82) is 0 Å². The Bertz CT molecular complexity index is 542. The fraction of sp³-hybridized carbons (Fsp3) is 0.250. The maximum absolute atomic E-state index is 13.1. The van der Waals surface area contributed by atoms with Crippen LogP contribution in [0.3, 0.4) is 0 Å². The van der Waals surface area contributed by atoms with E-state index in [9.17, 15) is 9.18 Å². The van der Waals surface area contributed by atoms with E-state index < -0.39 is 5.97 Å². The highest BCUT2D eigenvalue weighted by Gasteiger charge is 2.19. The van der Waals surface area contributed by atoms with Crippen molar-refractivity contribution >= 4 is 16.9 Å². The molecule has 1 heterocycles. The van der Waals surface area contributed by atoms with Gasteiger partial charge in [-0.15, -0.1) is 0 Å². The highest BCUT2D eigenvalue weighted by Crippen LogP contribution is 2.27. The molecule has 0 unspecified atom stereocenters. The predicted molar refractivity (Wildman–Crippen MR) is 57.1 cm³/mol. The molecular weight excluding hydrogens is 211 g/mol. The molecule has 1 aromatic carbocycles. The van der Waals surface area contributed by atoms with E-state index >= 15 is 0 Å². The first kappa shape index (κ1) is 10.7. The van der Waals surface area contributed by atoms with E-state index in [4.69, 9.17) is 9.52 Å². The Labute approximate surface area is 91.5 Å². The molecule has 16 heavy (non-hydrogen) atoms. The van der Waals surface area contributed by atoms with Crippen LogP contribution in [0.15, 0.2) is 22.6 Å². The lowest BCUT2D eigenvalue weighted by Gasteiger charge is -1.96. The topological polar surface area (TPSA) is 50.4 Å². The normalized spacial score (nSPS) is 10.9. The smallest absolute Gasteiger partial charge is 0.372 e. The van der Waals surface area contributed by atoms with Crippen LogP contribution in [0, 0.1) is 5.82 Å². The summed E-state index contributed by atoms with van der Waals surface area (Å²) < 4.78 is 18.3. The Morgan fingerprint density at radius 3 is 2.88 bits per heavy atom. The monoisotopic (exact) mass is 222 g/mol. The first-order chi connectivity index (χ1) is 7.63. The van der Waals surface area contributed by atoms with Gasteiger partial charge in [-0.3, -0.25) is 0 Å². The van der Waals surface area contributed by atoms with Crippen LogP contribution in [-0.4, -0.2) is 11.1 Å². The molecule has 1 N–H and O–H groups in total. The minimum atomic E-state index is -1.11. The molecular formula is C12H11FO3. The molecule has 2 rings (SSSR count). The SMILES string of the molecule is CCCc1c(C(=O)O)oc2ccc(F)cc12. The maximum atomic E-state index is 13.1. The number of fused-ring (bicyclic) bond motifs is 1. The fourth-order valence-electron chi connectivity index (χ4n) is 1.79. The number of aryl methyl sites for hydroxylation is 1. The Balaban J connectivity index is 2.71. The van der Waals surface area contributed by atoms with Gasteiger partial charge in [-0.25, -0.2) is 9.18 Å². The van der Waals surface area contributed by atoms with Crippen molar-refractivity contribution in [2.45, 2.75) is 19.8 Å². The van der Waals surface area contributed by atoms with Crippen molar-refractivity contribution in [2.24, 2.45) is 0 Å². The van der Waals surface area contributed by atoms with Gasteiger partial charge in [0.15, 0.2) is 0 Å². The van der Waals surface area contributed by atoms with Crippen LogP contribution in [0.2, 0.25) is 0 Å². The number of hydrogen-bond donors (Lipinski definition) is 1. The van der Waals surface area contributed by atoms with E-state index in [1.165, 1.54) is 18.2 Å². The molecule has 0 aliphatic carbocycles. The lowest BCUT2D eigenvalue weighted by atomic mass is 10.1. The number of carboxylic acids is 1. The summed E-state index contributed by atoms with van der Waals surface area (Å²) in [5.41, 5.74) is 0.992. The van der Waals surface area contributed by atoms with Crippen LogP contribution in [0.5, 0.6) is 0 Å². The average Bonchev–Trinajstić information content (AvgIpc) is 2.58. The van der Waals surface area contributed by atoms with E-state index in [0.29, 0.717) is 23.0 Å². The zero-order valence-electron chi connectivity index (χ0n) is 8.79. The number of furan rings is 1. The van der Waals surface area contributed by atoms with Crippen LogP contribution in [0.25, 0.3) is 11.0 Å². The van der Waals surface area contributed by atoms with Gasteiger partial charge >= 0.3 is 5.97 Å². The summed E-state index contributed by atoms with van der Waals surface area (Å²) in [4.78, 5) is 11.0. The van der Waals surface area contributed by atoms with E-state index in [0.717, 1.165) is 6.42 Å². The fourth-order valence-corrected chi connectivity index (χ4v) is 1.79. The Hall–Kier alpha value is -1.84. The third kappa shape index (κ3) is 1.66. The molecule has 1 aromatic heterocycles. The van der Waals surface area contributed by atoms with Gasteiger partial charge in [0.2, 0.25) is 5.76 Å². The van der Waals surface area contributed by atoms with Crippen molar-refractivity contribution in [2.75, 3.05) is 0 Å². The van der Waals surface area contributed by atoms with E-state index in [-0.39, 0.29) is 11.6 Å². The molecule has 0 radical (unpaired) electrons. The molecule has 4 heteroatoms. The summed E-state index contributed by atoms with van der Waals surface area (Å²) in [7, 11) is 0. The third-order valence-electron chi connectivity index (χ3n) is 2.45. The molecule has 2 aromatic rings. The Kier molecular flexibility index (Phi) is 2.64. The molecule has 0 saturated carbocycles. The molecule has 3 nitrogen and oxygen atoms in total. The van der Waals surface area contributed by atoms with Crippen LogP contribution in [0.1, 0.15) is 29.5 Å². The highest BCUT2D eigenvalue weighted by molar-refractivity contribution is 5.95. The summed E-state index contributed by atoms with van der Waals surface area (Å²) in [6.45, 7) is 1.93. The maximum Gasteiger partial charge on any atom is 0.372 e.